The summed E-state index contributed by atoms with van der Waals surface area (Å²) in [5, 5.41) is 2.80. The van der Waals surface area contributed by atoms with Crippen LogP contribution in [0.1, 0.15) is 12.5 Å². The fraction of sp³-hybridized carbons (Fsp3) is 0.364. The highest BCUT2D eigenvalue weighted by Crippen LogP contribution is 2.10. The van der Waals surface area contributed by atoms with E-state index in [0.29, 0.717) is 5.88 Å². The van der Waals surface area contributed by atoms with Gasteiger partial charge in [-0.25, -0.2) is 0 Å². The Bertz CT molecular complexity index is 308. The molecule has 0 aliphatic heterocycles. The van der Waals surface area contributed by atoms with Crippen LogP contribution in [-0.2, 0) is 4.79 Å². The van der Waals surface area contributed by atoms with E-state index in [1.165, 1.54) is 5.56 Å². The zero-order chi connectivity index (χ0) is 10.6. The smallest absolute Gasteiger partial charge is 0.228 e. The summed E-state index contributed by atoms with van der Waals surface area (Å²) < 4.78 is 0. The average molecular weight is 212 g/mol. The van der Waals surface area contributed by atoms with Crippen molar-refractivity contribution in [1.82, 2.24) is 0 Å². The van der Waals surface area contributed by atoms with E-state index in [1.54, 1.807) is 6.92 Å². The molecule has 0 bridgehead atoms. The first-order chi connectivity index (χ1) is 6.63. The molecule has 1 N–H and O–H groups in total. The van der Waals surface area contributed by atoms with Crippen LogP contribution < -0.4 is 5.32 Å². The van der Waals surface area contributed by atoms with Crippen LogP contribution in [0.25, 0.3) is 0 Å². The summed E-state index contributed by atoms with van der Waals surface area (Å²) in [6.07, 6.45) is 0. The molecule has 1 atom stereocenters. The third kappa shape index (κ3) is 3.04. The van der Waals surface area contributed by atoms with Crippen molar-refractivity contribution in [2.75, 3.05) is 11.2 Å². The van der Waals surface area contributed by atoms with Gasteiger partial charge in [0.1, 0.15) is 0 Å². The Morgan fingerprint density at radius 3 is 2.50 bits per heavy atom. The zero-order valence-electron chi connectivity index (χ0n) is 8.38. The molecule has 1 aromatic carbocycles. The molecule has 3 heteroatoms. The summed E-state index contributed by atoms with van der Waals surface area (Å²) in [4.78, 5) is 11.4. The van der Waals surface area contributed by atoms with Gasteiger partial charge in [-0.1, -0.05) is 24.6 Å². The highest BCUT2D eigenvalue weighted by Gasteiger charge is 2.10. The Morgan fingerprint density at radius 1 is 1.43 bits per heavy atom. The van der Waals surface area contributed by atoms with Gasteiger partial charge in [-0.15, -0.1) is 11.6 Å². The van der Waals surface area contributed by atoms with E-state index in [1.807, 2.05) is 31.2 Å². The first kappa shape index (κ1) is 11.1. The molecule has 14 heavy (non-hydrogen) atoms. The lowest BCUT2D eigenvalue weighted by Gasteiger charge is -2.09. The highest BCUT2D eigenvalue weighted by atomic mass is 35.5. The van der Waals surface area contributed by atoms with Crippen molar-refractivity contribution in [2.24, 2.45) is 5.92 Å². The maximum absolute atomic E-state index is 11.4. The Morgan fingerprint density at radius 2 is 2.00 bits per heavy atom. The molecule has 2 nitrogen and oxygen atoms in total. The number of anilines is 1. The summed E-state index contributed by atoms with van der Waals surface area (Å²) >= 11 is 5.58. The second-order valence-corrected chi connectivity index (χ2v) is 3.72. The minimum Gasteiger partial charge on any atom is -0.326 e. The molecule has 76 valence electrons. The second-order valence-electron chi connectivity index (χ2n) is 3.41. The topological polar surface area (TPSA) is 29.1 Å². The predicted molar refractivity (Wildman–Crippen MR) is 59.7 cm³/mol. The largest absolute Gasteiger partial charge is 0.326 e. The first-order valence-corrected chi connectivity index (χ1v) is 5.10. The summed E-state index contributed by atoms with van der Waals surface area (Å²) in [5.41, 5.74) is 1.99. The minimum atomic E-state index is -0.155. The van der Waals surface area contributed by atoms with Crippen molar-refractivity contribution in [2.45, 2.75) is 13.8 Å². The van der Waals surface area contributed by atoms with Crippen LogP contribution in [0.4, 0.5) is 5.69 Å². The Hall–Kier alpha value is -1.02. The Balaban J connectivity index is 2.60. The third-order valence-corrected chi connectivity index (χ3v) is 2.46. The van der Waals surface area contributed by atoms with Gasteiger partial charge in [-0.2, -0.15) is 0 Å². The number of benzene rings is 1. The molecule has 0 heterocycles. The maximum atomic E-state index is 11.4. The Kier molecular flexibility index (Phi) is 3.96. The van der Waals surface area contributed by atoms with Crippen molar-refractivity contribution in [1.29, 1.82) is 0 Å². The number of alkyl halides is 1. The van der Waals surface area contributed by atoms with Crippen molar-refractivity contribution in [3.63, 3.8) is 0 Å². The van der Waals surface area contributed by atoms with Crippen LogP contribution in [0.2, 0.25) is 0 Å². The van der Waals surface area contributed by atoms with Crippen LogP contribution >= 0.6 is 11.6 Å². The number of halogens is 1. The lowest BCUT2D eigenvalue weighted by molar-refractivity contribution is -0.118. The number of hydrogen-bond acceptors (Lipinski definition) is 1. The number of carbonyl (C=O) groups excluding carboxylic acids is 1. The van der Waals surface area contributed by atoms with E-state index in [-0.39, 0.29) is 11.8 Å². The first-order valence-electron chi connectivity index (χ1n) is 4.57. The zero-order valence-corrected chi connectivity index (χ0v) is 9.14. The predicted octanol–water partition coefficient (Wildman–Crippen LogP) is 2.81. The monoisotopic (exact) mass is 211 g/mol. The molecule has 0 saturated carbocycles. The third-order valence-electron chi connectivity index (χ3n) is 2.00. The van der Waals surface area contributed by atoms with Crippen LogP contribution in [0.5, 0.6) is 0 Å². The lowest BCUT2D eigenvalue weighted by atomic mass is 10.2. The number of amides is 1. The number of aryl methyl sites for hydroxylation is 1. The van der Waals surface area contributed by atoms with Gasteiger partial charge in [-0.05, 0) is 19.1 Å². The molecule has 0 radical (unpaired) electrons. The molecule has 0 spiro atoms. The molecule has 1 aromatic rings. The number of nitrogens with one attached hydrogen (secondary N) is 1. The van der Waals surface area contributed by atoms with Gasteiger partial charge in [0.15, 0.2) is 0 Å². The van der Waals surface area contributed by atoms with Crippen molar-refractivity contribution >= 4 is 23.2 Å². The molecular formula is C11H14ClNO. The highest BCUT2D eigenvalue weighted by molar-refractivity contribution is 6.19. The standard InChI is InChI=1S/C11H14ClNO/c1-8-3-5-10(6-4-8)13-11(14)9(2)7-12/h3-6,9H,7H2,1-2H3,(H,13,14). The molecule has 0 aliphatic carbocycles. The van der Waals surface area contributed by atoms with Gasteiger partial charge in [0, 0.05) is 17.5 Å². The molecule has 1 rings (SSSR count). The molecule has 0 aliphatic rings. The summed E-state index contributed by atoms with van der Waals surface area (Å²) in [6.45, 7) is 3.81. The Labute approximate surface area is 89.3 Å². The van der Waals surface area contributed by atoms with E-state index in [4.69, 9.17) is 11.6 Å². The SMILES string of the molecule is Cc1ccc(NC(=O)C(C)CCl)cc1. The summed E-state index contributed by atoms with van der Waals surface area (Å²) in [5.74, 6) is 0.152. The van der Waals surface area contributed by atoms with Gasteiger partial charge < -0.3 is 5.32 Å². The van der Waals surface area contributed by atoms with Gasteiger partial charge in [0.05, 0.1) is 0 Å². The van der Waals surface area contributed by atoms with Crippen LogP contribution in [0.15, 0.2) is 24.3 Å². The average Bonchev–Trinajstić information content (AvgIpc) is 2.20. The van der Waals surface area contributed by atoms with Crippen LogP contribution in [0, 0.1) is 12.8 Å². The molecular weight excluding hydrogens is 198 g/mol. The lowest BCUT2D eigenvalue weighted by Crippen LogP contribution is -2.21. The van der Waals surface area contributed by atoms with Crippen LogP contribution in [-0.4, -0.2) is 11.8 Å². The van der Waals surface area contributed by atoms with Crippen LogP contribution in [0.3, 0.4) is 0 Å². The second kappa shape index (κ2) is 5.01. The molecule has 1 unspecified atom stereocenters. The number of hydrogen-bond donors (Lipinski definition) is 1. The van der Waals surface area contributed by atoms with Gasteiger partial charge >= 0.3 is 0 Å². The summed E-state index contributed by atoms with van der Waals surface area (Å²) in [6, 6.07) is 7.68. The molecule has 0 saturated heterocycles. The van der Waals surface area contributed by atoms with E-state index < -0.39 is 0 Å². The fourth-order valence-corrected chi connectivity index (χ4v) is 1.11. The molecule has 0 fully saturated rings. The fourth-order valence-electron chi connectivity index (χ4n) is 0.972. The molecule has 0 aromatic heterocycles. The van der Waals surface area contributed by atoms with Gasteiger partial charge in [-0.3, -0.25) is 4.79 Å². The minimum absolute atomic E-state index is 0.0381. The van der Waals surface area contributed by atoms with Crippen molar-refractivity contribution in [3.05, 3.63) is 29.8 Å². The van der Waals surface area contributed by atoms with Gasteiger partial charge in [0.2, 0.25) is 5.91 Å². The summed E-state index contributed by atoms with van der Waals surface area (Å²) in [7, 11) is 0. The number of carbonyl (C=O) groups is 1. The number of rotatable bonds is 3. The van der Waals surface area contributed by atoms with Crippen molar-refractivity contribution in [3.8, 4) is 0 Å². The van der Waals surface area contributed by atoms with Gasteiger partial charge in [0.25, 0.3) is 0 Å². The quantitative estimate of drug-likeness (QED) is 0.766. The van der Waals surface area contributed by atoms with E-state index in [2.05, 4.69) is 5.32 Å². The maximum Gasteiger partial charge on any atom is 0.228 e. The van der Waals surface area contributed by atoms with E-state index >= 15 is 0 Å². The normalized spacial score (nSPS) is 12.2. The van der Waals surface area contributed by atoms with Crippen molar-refractivity contribution < 1.29 is 4.79 Å². The molecule has 1 amide bonds. The van der Waals surface area contributed by atoms with E-state index in [0.717, 1.165) is 5.69 Å². The van der Waals surface area contributed by atoms with E-state index in [9.17, 15) is 4.79 Å².